The number of hydrogen-bond acceptors (Lipinski definition) is 9. The minimum atomic E-state index is -1.58. The summed E-state index contributed by atoms with van der Waals surface area (Å²) in [6.45, 7) is 6.95. The molecular weight excluding hydrogens is 768 g/mol. The number of aryl methyl sites for hydroxylation is 1. The van der Waals surface area contributed by atoms with Crippen molar-refractivity contribution in [2.75, 3.05) is 19.6 Å². The van der Waals surface area contributed by atoms with Gasteiger partial charge in [-0.2, -0.15) is 0 Å². The van der Waals surface area contributed by atoms with E-state index in [4.69, 9.17) is 16.3 Å². The topological polar surface area (TPSA) is 195 Å². The summed E-state index contributed by atoms with van der Waals surface area (Å²) in [6, 6.07) is 7.17. The van der Waals surface area contributed by atoms with Gasteiger partial charge in [-0.15, -0.1) is 0 Å². The monoisotopic (exact) mass is 820 g/mol. The Morgan fingerprint density at radius 1 is 0.879 bits per heavy atom. The summed E-state index contributed by atoms with van der Waals surface area (Å²) in [4.78, 5) is 102. The summed E-state index contributed by atoms with van der Waals surface area (Å²) >= 11 is 6.04. The second-order valence-corrected chi connectivity index (χ2v) is 16.7. The zero-order valence-corrected chi connectivity index (χ0v) is 34.1. The molecule has 4 aliphatic rings. The summed E-state index contributed by atoms with van der Waals surface area (Å²) < 4.78 is 5.94. The number of halogens is 1. The number of nitrogens with one attached hydrogen (secondary N) is 3. The lowest BCUT2D eigenvalue weighted by atomic mass is 9.98. The highest BCUT2D eigenvalue weighted by Crippen LogP contribution is 2.29. The number of carbonyl (C=O) groups excluding carboxylic acids is 7. The van der Waals surface area contributed by atoms with Crippen molar-refractivity contribution >= 4 is 53.0 Å². The van der Waals surface area contributed by atoms with Crippen LogP contribution in [0.3, 0.4) is 0 Å². The number of esters is 1. The van der Waals surface area contributed by atoms with E-state index in [1.54, 1.807) is 24.3 Å². The Morgan fingerprint density at radius 2 is 1.60 bits per heavy atom. The molecule has 6 rings (SSSR count). The first-order valence-corrected chi connectivity index (χ1v) is 20.5. The van der Waals surface area contributed by atoms with Gasteiger partial charge in [0.2, 0.25) is 35.4 Å². The molecule has 15 nitrogen and oxygen atoms in total. The van der Waals surface area contributed by atoms with Crippen molar-refractivity contribution in [1.82, 2.24) is 30.7 Å². The van der Waals surface area contributed by atoms with E-state index in [0.29, 0.717) is 29.8 Å². The number of fused-ring (bicyclic) bond motifs is 3. The van der Waals surface area contributed by atoms with Gasteiger partial charge in [-0.05, 0) is 75.6 Å². The van der Waals surface area contributed by atoms with E-state index in [1.807, 2.05) is 38.1 Å². The number of hydrogen-bond donors (Lipinski definition) is 4. The molecule has 4 saturated heterocycles. The SMILES string of the molecule is Cc1cccc(C[C@H](NC(=O)Cc2ccc(Cl)cc2)C(=O)N[C@@H]2C(=O)N3C[C@H](O)C[C@H]3C(=O)N3CCCC[C@H]3C(=O)N[C@@H](C)C(=O)N3C[C@H](C)C[C@H]3C(=O)O[C@H]2C)c1. The molecule has 4 heterocycles. The van der Waals surface area contributed by atoms with Crippen LogP contribution in [0, 0.1) is 12.8 Å². The van der Waals surface area contributed by atoms with E-state index in [2.05, 4.69) is 16.0 Å². The maximum atomic E-state index is 14.8. The molecular formula is C42H53ClN6O9. The Kier molecular flexibility index (Phi) is 13.4. The number of cyclic esters (lactones) is 1. The smallest absolute Gasteiger partial charge is 0.329 e. The van der Waals surface area contributed by atoms with Gasteiger partial charge in [0.1, 0.15) is 42.4 Å². The Morgan fingerprint density at radius 3 is 2.33 bits per heavy atom. The van der Waals surface area contributed by atoms with Crippen LogP contribution in [0.4, 0.5) is 0 Å². The normalized spacial score (nSPS) is 28.9. The quantitative estimate of drug-likeness (QED) is 0.299. The molecule has 2 aromatic carbocycles. The molecule has 6 amide bonds. The van der Waals surface area contributed by atoms with Gasteiger partial charge in [0.05, 0.1) is 12.5 Å². The average Bonchev–Trinajstić information content (AvgIpc) is 3.78. The number of piperidine rings is 1. The van der Waals surface area contributed by atoms with Crippen LogP contribution in [0.5, 0.6) is 0 Å². The van der Waals surface area contributed by atoms with E-state index in [-0.39, 0.29) is 51.2 Å². The highest BCUT2D eigenvalue weighted by Gasteiger charge is 2.49. The summed E-state index contributed by atoms with van der Waals surface area (Å²) in [5.74, 6) is -4.48. The third kappa shape index (κ3) is 9.80. The van der Waals surface area contributed by atoms with E-state index in [1.165, 1.54) is 28.5 Å². The van der Waals surface area contributed by atoms with Crippen molar-refractivity contribution in [3.8, 4) is 0 Å². The Bertz CT molecular complexity index is 1910. The number of carbonyl (C=O) groups is 7. The second-order valence-electron chi connectivity index (χ2n) is 16.3. The lowest BCUT2D eigenvalue weighted by Gasteiger charge is -2.39. The molecule has 0 saturated carbocycles. The number of benzene rings is 2. The van der Waals surface area contributed by atoms with E-state index in [0.717, 1.165) is 11.1 Å². The van der Waals surface area contributed by atoms with Gasteiger partial charge >= 0.3 is 5.97 Å². The molecule has 0 radical (unpaired) electrons. The Balaban J connectivity index is 1.34. The Hall–Kier alpha value is -5.02. The average molecular weight is 821 g/mol. The molecule has 0 bridgehead atoms. The van der Waals surface area contributed by atoms with Gasteiger partial charge < -0.3 is 40.5 Å². The third-order valence-corrected chi connectivity index (χ3v) is 11.8. The standard InChI is InChI=1S/C42H53ClN6O9/c1-23-8-7-9-28(16-23)18-31(45-35(51)19-27-11-13-29(43)14-12-27)37(52)46-36-26(4)58-42(57)34-17-24(2)21-48(34)39(54)25(3)44-38(53)32-10-5-6-15-47(32)40(55)33-20-30(50)22-49(33)41(36)56/h7-9,11-14,16,24-26,30-34,36,50H,5-6,10,15,17-22H2,1-4H3,(H,44,53)(H,45,51)(H,46,52)/t24-,25+,26+,30-,31+,32+,33+,34+,36+/m1/s1. The summed E-state index contributed by atoms with van der Waals surface area (Å²) in [6.07, 6.45) is -0.699. The van der Waals surface area contributed by atoms with Crippen molar-refractivity contribution in [1.29, 1.82) is 0 Å². The zero-order valence-electron chi connectivity index (χ0n) is 33.3. The summed E-state index contributed by atoms with van der Waals surface area (Å²) in [5.41, 5.74) is 2.32. The van der Waals surface area contributed by atoms with Crippen LogP contribution in [-0.4, -0.2) is 129 Å². The van der Waals surface area contributed by atoms with E-state index in [9.17, 15) is 38.7 Å². The van der Waals surface area contributed by atoms with Crippen molar-refractivity contribution in [2.45, 2.75) is 121 Å². The second kappa shape index (κ2) is 18.3. The number of nitrogens with zero attached hydrogens (tertiary/aromatic N) is 3. The molecule has 0 unspecified atom stereocenters. The molecule has 16 heteroatoms. The first kappa shape index (κ1) is 42.6. The molecule has 0 aromatic heterocycles. The maximum Gasteiger partial charge on any atom is 0.329 e. The van der Waals surface area contributed by atoms with Gasteiger partial charge in [0.25, 0.3) is 0 Å². The van der Waals surface area contributed by atoms with Crippen LogP contribution in [0.2, 0.25) is 5.02 Å². The highest BCUT2D eigenvalue weighted by atomic mass is 35.5. The molecule has 9 atom stereocenters. The molecule has 2 aromatic rings. The molecule has 0 spiro atoms. The van der Waals surface area contributed by atoms with E-state index < -0.39 is 89.9 Å². The van der Waals surface area contributed by atoms with Crippen LogP contribution in [0.25, 0.3) is 0 Å². The molecule has 312 valence electrons. The number of ether oxygens (including phenoxy) is 1. The van der Waals surface area contributed by atoms with Gasteiger partial charge in [-0.25, -0.2) is 4.79 Å². The highest BCUT2D eigenvalue weighted by molar-refractivity contribution is 6.30. The maximum absolute atomic E-state index is 14.8. The number of aliphatic hydroxyl groups is 1. The zero-order chi connectivity index (χ0) is 41.8. The predicted molar refractivity (Wildman–Crippen MR) is 212 cm³/mol. The van der Waals surface area contributed by atoms with Crippen LogP contribution in [0.15, 0.2) is 48.5 Å². The minimum Gasteiger partial charge on any atom is -0.458 e. The first-order valence-electron chi connectivity index (χ1n) is 20.1. The number of rotatable bonds is 7. The van der Waals surface area contributed by atoms with Crippen molar-refractivity contribution in [3.63, 3.8) is 0 Å². The third-order valence-electron chi connectivity index (χ3n) is 11.5. The van der Waals surface area contributed by atoms with Gasteiger partial charge in [0.15, 0.2) is 0 Å². The fourth-order valence-electron chi connectivity index (χ4n) is 8.54. The largest absolute Gasteiger partial charge is 0.458 e. The number of amides is 6. The summed E-state index contributed by atoms with van der Waals surface area (Å²) in [7, 11) is 0. The molecule has 4 aliphatic heterocycles. The van der Waals surface area contributed by atoms with Gasteiger partial charge in [-0.3, -0.25) is 28.8 Å². The molecule has 4 fully saturated rings. The fourth-order valence-corrected chi connectivity index (χ4v) is 8.67. The lowest BCUT2D eigenvalue weighted by Crippen LogP contribution is -2.63. The summed E-state index contributed by atoms with van der Waals surface area (Å²) in [5, 5.41) is 19.7. The minimum absolute atomic E-state index is 0.0477. The van der Waals surface area contributed by atoms with E-state index >= 15 is 0 Å². The molecule has 4 N–H and O–H groups in total. The number of aliphatic hydroxyl groups excluding tert-OH is 1. The molecule has 58 heavy (non-hydrogen) atoms. The van der Waals surface area contributed by atoms with Crippen molar-refractivity contribution in [3.05, 3.63) is 70.2 Å². The van der Waals surface area contributed by atoms with Crippen molar-refractivity contribution < 1.29 is 43.4 Å². The van der Waals surface area contributed by atoms with Crippen molar-refractivity contribution in [2.24, 2.45) is 5.92 Å². The molecule has 0 aliphatic carbocycles. The fraction of sp³-hybridized carbons (Fsp3) is 0.548. The van der Waals surface area contributed by atoms with Gasteiger partial charge in [0, 0.05) is 37.5 Å². The lowest BCUT2D eigenvalue weighted by molar-refractivity contribution is -0.163. The first-order chi connectivity index (χ1) is 27.6. The van der Waals surface area contributed by atoms with Gasteiger partial charge in [-0.1, -0.05) is 60.5 Å². The Labute approximate surface area is 343 Å². The van der Waals surface area contributed by atoms with Crippen LogP contribution in [0.1, 0.15) is 69.6 Å². The predicted octanol–water partition coefficient (Wildman–Crippen LogP) is 1.43. The van der Waals surface area contributed by atoms with Crippen LogP contribution >= 0.6 is 11.6 Å². The van der Waals surface area contributed by atoms with Crippen LogP contribution in [-0.2, 0) is 51.1 Å². The van der Waals surface area contributed by atoms with Crippen LogP contribution < -0.4 is 16.0 Å².